The number of carbonyl (C=O) groups is 1. The van der Waals surface area contributed by atoms with Gasteiger partial charge in [-0.05, 0) is 56.4 Å². The average molecular weight is 559 g/mol. The van der Waals surface area contributed by atoms with E-state index < -0.39 is 38.2 Å². The van der Waals surface area contributed by atoms with Crippen LogP contribution in [-0.4, -0.2) is 48.1 Å². The van der Waals surface area contributed by atoms with Crippen LogP contribution in [0.25, 0.3) is 0 Å². The molecule has 2 aliphatic heterocycles. The van der Waals surface area contributed by atoms with Crippen LogP contribution in [-0.2, 0) is 38.1 Å². The first-order chi connectivity index (χ1) is 18.7. The van der Waals surface area contributed by atoms with Crippen molar-refractivity contribution in [2.45, 2.75) is 62.4 Å². The number of sulfonamides is 1. The molecule has 0 radical (unpaired) electrons. The van der Waals surface area contributed by atoms with Crippen molar-refractivity contribution in [3.8, 4) is 0 Å². The summed E-state index contributed by atoms with van der Waals surface area (Å²) in [6.07, 6.45) is 2.99. The Bertz CT molecular complexity index is 1410. The summed E-state index contributed by atoms with van der Waals surface area (Å²) in [6, 6.07) is 12.4. The first kappa shape index (κ1) is 27.4. The summed E-state index contributed by atoms with van der Waals surface area (Å²) in [5, 5.41) is 8.69. The average Bonchev–Trinajstić information content (AvgIpc) is 3.46. The Morgan fingerprint density at radius 3 is 2.56 bits per heavy atom. The molecule has 39 heavy (non-hydrogen) atoms. The first-order valence-electron chi connectivity index (χ1n) is 13.1. The van der Waals surface area contributed by atoms with E-state index in [2.05, 4.69) is 15.5 Å². The van der Waals surface area contributed by atoms with Crippen molar-refractivity contribution in [2.24, 2.45) is 0 Å². The molecule has 208 valence electrons. The number of hydrogen-bond acceptors (Lipinski definition) is 5. The Labute approximate surface area is 226 Å². The van der Waals surface area contributed by atoms with Gasteiger partial charge in [0.25, 0.3) is 0 Å². The first-order valence-corrected chi connectivity index (χ1v) is 14.6. The number of benzene rings is 2. The van der Waals surface area contributed by atoms with Crippen molar-refractivity contribution in [1.82, 2.24) is 19.8 Å². The third-order valence-electron chi connectivity index (χ3n) is 7.95. The van der Waals surface area contributed by atoms with Gasteiger partial charge in [-0.25, -0.2) is 17.2 Å². The number of aromatic nitrogens is 2. The van der Waals surface area contributed by atoms with E-state index >= 15 is 8.78 Å². The SMILES string of the molecule is C[C@H]1CC[C@H](c2ccccc2)S(=O)(=O)N1Cc1cc(F)c(C2(C(=O)NCc3ccn[nH]3)CCOCC2)cc1F. The summed E-state index contributed by atoms with van der Waals surface area (Å²) in [5.41, 5.74) is -0.0754. The standard InChI is InChI=1S/C28H32F2N4O4S/c1-19-7-8-26(20-5-3-2-4-6-20)39(36,37)34(19)18-21-15-25(30)23(16-24(21)29)28(10-13-38-14-11-28)27(35)31-17-22-9-12-32-33-22/h2-6,9,12,15-16,19,26H,7-8,10-11,13-14,17-18H2,1H3,(H,31,35)(H,32,33)/t19-,26+/m0/s1. The van der Waals surface area contributed by atoms with Crippen LogP contribution in [0, 0.1) is 11.6 Å². The second-order valence-corrected chi connectivity index (χ2v) is 12.4. The summed E-state index contributed by atoms with van der Waals surface area (Å²) < 4.78 is 65.2. The Kier molecular flexibility index (Phi) is 7.84. The monoisotopic (exact) mass is 558 g/mol. The van der Waals surface area contributed by atoms with Gasteiger partial charge in [-0.3, -0.25) is 9.89 Å². The van der Waals surface area contributed by atoms with Gasteiger partial charge < -0.3 is 10.1 Å². The maximum absolute atomic E-state index is 15.7. The molecule has 11 heteroatoms. The molecule has 1 amide bonds. The summed E-state index contributed by atoms with van der Waals surface area (Å²) in [5.74, 6) is -1.92. The molecular weight excluding hydrogens is 526 g/mol. The zero-order valence-corrected chi connectivity index (χ0v) is 22.5. The largest absolute Gasteiger partial charge is 0.381 e. The lowest BCUT2D eigenvalue weighted by Crippen LogP contribution is -2.48. The highest BCUT2D eigenvalue weighted by molar-refractivity contribution is 7.89. The van der Waals surface area contributed by atoms with Crippen LogP contribution >= 0.6 is 0 Å². The van der Waals surface area contributed by atoms with E-state index in [0.717, 1.165) is 12.1 Å². The van der Waals surface area contributed by atoms with Crippen molar-refractivity contribution in [3.63, 3.8) is 0 Å². The Morgan fingerprint density at radius 1 is 1.13 bits per heavy atom. The van der Waals surface area contributed by atoms with Crippen LogP contribution in [0.3, 0.4) is 0 Å². The lowest BCUT2D eigenvalue weighted by atomic mass is 9.72. The number of nitrogens with one attached hydrogen (secondary N) is 2. The van der Waals surface area contributed by atoms with Crippen LogP contribution in [0.15, 0.2) is 54.7 Å². The highest BCUT2D eigenvalue weighted by Gasteiger charge is 2.45. The lowest BCUT2D eigenvalue weighted by Gasteiger charge is -2.38. The number of amides is 1. The molecule has 3 aromatic rings. The van der Waals surface area contributed by atoms with Gasteiger partial charge in [0.2, 0.25) is 15.9 Å². The maximum Gasteiger partial charge on any atom is 0.231 e. The third kappa shape index (κ3) is 5.35. The van der Waals surface area contributed by atoms with Crippen LogP contribution in [0.1, 0.15) is 60.2 Å². The molecular formula is C28H32F2N4O4S. The minimum absolute atomic E-state index is 0.0501. The van der Waals surface area contributed by atoms with Crippen molar-refractivity contribution in [2.75, 3.05) is 13.2 Å². The van der Waals surface area contributed by atoms with Gasteiger partial charge in [0.15, 0.2) is 0 Å². The number of ether oxygens (including phenoxy) is 1. The fraction of sp³-hybridized carbons (Fsp3) is 0.429. The molecule has 5 rings (SSSR count). The molecule has 2 atom stereocenters. The molecule has 2 saturated heterocycles. The van der Waals surface area contributed by atoms with E-state index in [-0.39, 0.29) is 56.3 Å². The molecule has 2 fully saturated rings. The summed E-state index contributed by atoms with van der Waals surface area (Å²) >= 11 is 0. The predicted octanol–water partition coefficient (Wildman–Crippen LogP) is 4.11. The molecule has 8 nitrogen and oxygen atoms in total. The van der Waals surface area contributed by atoms with Crippen LogP contribution in [0.5, 0.6) is 0 Å². The number of nitrogens with zero attached hydrogens (tertiary/aromatic N) is 2. The fourth-order valence-electron chi connectivity index (χ4n) is 5.66. The number of halogens is 2. The van der Waals surface area contributed by atoms with Gasteiger partial charge in [0.05, 0.1) is 17.7 Å². The van der Waals surface area contributed by atoms with Gasteiger partial charge >= 0.3 is 0 Å². The van der Waals surface area contributed by atoms with E-state index in [1.807, 2.05) is 6.07 Å². The summed E-state index contributed by atoms with van der Waals surface area (Å²) in [4.78, 5) is 13.4. The molecule has 2 aliphatic rings. The predicted molar refractivity (Wildman–Crippen MR) is 141 cm³/mol. The minimum atomic E-state index is -3.82. The Hall–Kier alpha value is -3.15. The highest BCUT2D eigenvalue weighted by atomic mass is 32.2. The Morgan fingerprint density at radius 2 is 1.87 bits per heavy atom. The second kappa shape index (κ2) is 11.1. The molecule has 2 N–H and O–H groups in total. The number of rotatable bonds is 7. The van der Waals surface area contributed by atoms with Gasteiger partial charge in [0, 0.05) is 43.1 Å². The van der Waals surface area contributed by atoms with Crippen LogP contribution in [0.2, 0.25) is 0 Å². The molecule has 0 unspecified atom stereocenters. The van der Waals surface area contributed by atoms with E-state index in [1.54, 1.807) is 43.5 Å². The van der Waals surface area contributed by atoms with Crippen molar-refractivity contribution in [1.29, 1.82) is 0 Å². The van der Waals surface area contributed by atoms with Gasteiger partial charge in [-0.1, -0.05) is 30.3 Å². The minimum Gasteiger partial charge on any atom is -0.381 e. The molecule has 3 heterocycles. The van der Waals surface area contributed by atoms with Gasteiger partial charge in [-0.2, -0.15) is 9.40 Å². The molecule has 2 aromatic carbocycles. The zero-order chi connectivity index (χ0) is 27.6. The quantitative estimate of drug-likeness (QED) is 0.454. The third-order valence-corrected chi connectivity index (χ3v) is 10.3. The Balaban J connectivity index is 1.43. The highest BCUT2D eigenvalue weighted by Crippen LogP contribution is 2.40. The number of H-pyrrole nitrogens is 1. The van der Waals surface area contributed by atoms with Crippen LogP contribution < -0.4 is 5.32 Å². The molecule has 0 bridgehead atoms. The number of hydrogen-bond donors (Lipinski definition) is 2. The lowest BCUT2D eigenvalue weighted by molar-refractivity contribution is -0.130. The smallest absolute Gasteiger partial charge is 0.231 e. The van der Waals surface area contributed by atoms with E-state index in [1.165, 1.54) is 4.31 Å². The van der Waals surface area contributed by atoms with Crippen LogP contribution in [0.4, 0.5) is 8.78 Å². The maximum atomic E-state index is 15.7. The topological polar surface area (TPSA) is 104 Å². The number of aromatic amines is 1. The molecule has 0 saturated carbocycles. The molecule has 0 aliphatic carbocycles. The van der Waals surface area contributed by atoms with E-state index in [0.29, 0.717) is 24.1 Å². The van der Waals surface area contributed by atoms with Gasteiger partial charge in [-0.15, -0.1) is 0 Å². The van der Waals surface area contributed by atoms with Crippen molar-refractivity contribution >= 4 is 15.9 Å². The molecule has 0 spiro atoms. The van der Waals surface area contributed by atoms with Gasteiger partial charge in [0.1, 0.15) is 16.9 Å². The zero-order valence-electron chi connectivity index (χ0n) is 21.7. The normalized spacial score (nSPS) is 22.8. The summed E-state index contributed by atoms with van der Waals surface area (Å²) in [6.45, 7) is 2.10. The van der Waals surface area contributed by atoms with E-state index in [4.69, 9.17) is 4.74 Å². The fourth-order valence-corrected chi connectivity index (χ4v) is 7.85. The van der Waals surface area contributed by atoms with Crippen molar-refractivity contribution < 1.29 is 26.7 Å². The second-order valence-electron chi connectivity index (χ2n) is 10.3. The summed E-state index contributed by atoms with van der Waals surface area (Å²) in [7, 11) is -3.82. The number of carbonyl (C=O) groups excluding carboxylic acids is 1. The van der Waals surface area contributed by atoms with E-state index in [9.17, 15) is 13.2 Å². The van der Waals surface area contributed by atoms with Crippen molar-refractivity contribution in [3.05, 3.63) is 88.7 Å². The molecule has 1 aromatic heterocycles.